The van der Waals surface area contributed by atoms with Crippen LogP contribution >= 0.6 is 0 Å². The summed E-state index contributed by atoms with van der Waals surface area (Å²) in [5.74, 6) is -0.0949. The van der Waals surface area contributed by atoms with Gasteiger partial charge in [-0.2, -0.15) is 5.26 Å². The molecule has 0 saturated carbocycles. The molecule has 0 spiro atoms. The average Bonchev–Trinajstić information content (AvgIpc) is 2.67. The first kappa shape index (κ1) is 17.1. The molecule has 128 valence electrons. The summed E-state index contributed by atoms with van der Waals surface area (Å²) in [6.07, 6.45) is 1.42. The molecule has 3 aromatic rings. The summed E-state index contributed by atoms with van der Waals surface area (Å²) in [6.45, 7) is 2.25. The van der Waals surface area contributed by atoms with E-state index in [4.69, 9.17) is 15.1 Å². The van der Waals surface area contributed by atoms with Crippen LogP contribution in [-0.4, -0.2) is 21.0 Å². The summed E-state index contributed by atoms with van der Waals surface area (Å²) in [7, 11) is 0. The largest absolute Gasteiger partial charge is 0.489 e. The number of nitriles is 1. The third-order valence-electron chi connectivity index (χ3n) is 3.95. The summed E-state index contributed by atoms with van der Waals surface area (Å²) >= 11 is 0. The zero-order valence-corrected chi connectivity index (χ0v) is 14.0. The van der Waals surface area contributed by atoms with E-state index in [1.54, 1.807) is 30.3 Å². The van der Waals surface area contributed by atoms with E-state index >= 15 is 0 Å². The van der Waals surface area contributed by atoms with Crippen molar-refractivity contribution in [1.82, 2.24) is 9.97 Å². The van der Waals surface area contributed by atoms with Crippen LogP contribution in [0.5, 0.6) is 5.75 Å². The molecule has 1 N–H and O–H groups in total. The lowest BCUT2D eigenvalue weighted by atomic mass is 10.0. The molecule has 0 aliphatic heterocycles. The number of carboxylic acid groups (broad SMARTS) is 1. The Kier molecular flexibility index (Phi) is 4.90. The Hall–Kier alpha value is -3.72. The third-order valence-corrected chi connectivity index (χ3v) is 3.95. The molecule has 6 heteroatoms. The first-order chi connectivity index (χ1) is 12.6. The number of nitrogens with zero attached hydrogens (tertiary/aromatic N) is 3. The fraction of sp³-hybridized carbons (Fsp3) is 0.100. The zero-order valence-electron chi connectivity index (χ0n) is 14.0. The number of rotatable bonds is 5. The van der Waals surface area contributed by atoms with Gasteiger partial charge < -0.3 is 9.84 Å². The van der Waals surface area contributed by atoms with Crippen LogP contribution in [0.2, 0.25) is 0 Å². The molecule has 0 bridgehead atoms. The minimum atomic E-state index is -1.09. The maximum Gasteiger partial charge on any atom is 0.354 e. The Morgan fingerprint density at radius 2 is 1.96 bits per heavy atom. The van der Waals surface area contributed by atoms with Crippen molar-refractivity contribution in [2.24, 2.45) is 0 Å². The predicted molar refractivity (Wildman–Crippen MR) is 94.7 cm³/mol. The molecule has 2 aromatic carbocycles. The van der Waals surface area contributed by atoms with Crippen molar-refractivity contribution in [3.05, 3.63) is 77.1 Å². The van der Waals surface area contributed by atoms with Crippen molar-refractivity contribution < 1.29 is 14.6 Å². The van der Waals surface area contributed by atoms with Crippen molar-refractivity contribution in [1.29, 1.82) is 5.26 Å². The Labute approximate surface area is 150 Å². The first-order valence-electron chi connectivity index (χ1n) is 7.86. The SMILES string of the molecule is Cc1c(C#N)cccc1COc1ccc(-c2nccc(C(=O)O)n2)cc1. The van der Waals surface area contributed by atoms with Crippen molar-refractivity contribution in [2.75, 3.05) is 0 Å². The van der Waals surface area contributed by atoms with Gasteiger partial charge in [0.25, 0.3) is 0 Å². The summed E-state index contributed by atoms with van der Waals surface area (Å²) in [4.78, 5) is 19.1. The van der Waals surface area contributed by atoms with E-state index in [0.717, 1.165) is 11.1 Å². The second-order valence-corrected chi connectivity index (χ2v) is 5.59. The summed E-state index contributed by atoms with van der Waals surface area (Å²) in [5.41, 5.74) is 3.14. The van der Waals surface area contributed by atoms with Crippen LogP contribution in [0.25, 0.3) is 11.4 Å². The monoisotopic (exact) mass is 345 g/mol. The van der Waals surface area contributed by atoms with Crippen LogP contribution < -0.4 is 4.74 Å². The van der Waals surface area contributed by atoms with E-state index in [9.17, 15) is 4.79 Å². The lowest BCUT2D eigenvalue weighted by Gasteiger charge is -2.10. The lowest BCUT2D eigenvalue weighted by molar-refractivity contribution is 0.0690. The maximum absolute atomic E-state index is 11.0. The fourth-order valence-corrected chi connectivity index (χ4v) is 2.44. The molecular weight excluding hydrogens is 330 g/mol. The van der Waals surface area contributed by atoms with E-state index < -0.39 is 5.97 Å². The number of carbonyl (C=O) groups is 1. The Bertz CT molecular complexity index is 992. The molecule has 3 rings (SSSR count). The molecule has 0 radical (unpaired) electrons. The Balaban J connectivity index is 1.74. The molecule has 0 amide bonds. The lowest BCUT2D eigenvalue weighted by Crippen LogP contribution is -2.02. The Morgan fingerprint density at radius 3 is 2.65 bits per heavy atom. The van der Waals surface area contributed by atoms with Gasteiger partial charge in [-0.25, -0.2) is 14.8 Å². The highest BCUT2D eigenvalue weighted by Crippen LogP contribution is 2.21. The van der Waals surface area contributed by atoms with Gasteiger partial charge in [-0.05, 0) is 54.4 Å². The third kappa shape index (κ3) is 3.68. The van der Waals surface area contributed by atoms with Crippen LogP contribution in [-0.2, 0) is 6.61 Å². The second kappa shape index (κ2) is 7.45. The molecule has 0 aliphatic rings. The molecule has 0 atom stereocenters. The zero-order chi connectivity index (χ0) is 18.5. The minimum absolute atomic E-state index is 0.0526. The van der Waals surface area contributed by atoms with Crippen LogP contribution in [0, 0.1) is 18.3 Å². The van der Waals surface area contributed by atoms with Crippen molar-refractivity contribution in [3.63, 3.8) is 0 Å². The molecule has 6 nitrogen and oxygen atoms in total. The minimum Gasteiger partial charge on any atom is -0.489 e. The van der Waals surface area contributed by atoms with Crippen LogP contribution in [0.1, 0.15) is 27.2 Å². The van der Waals surface area contributed by atoms with Gasteiger partial charge in [0.05, 0.1) is 11.6 Å². The number of benzene rings is 2. The van der Waals surface area contributed by atoms with Gasteiger partial charge in [0.15, 0.2) is 11.5 Å². The van der Waals surface area contributed by atoms with Gasteiger partial charge in [-0.1, -0.05) is 12.1 Å². The summed E-state index contributed by atoms with van der Waals surface area (Å²) in [6, 6.07) is 16.1. The molecule has 0 aliphatic carbocycles. The number of hydrogen-bond acceptors (Lipinski definition) is 5. The van der Waals surface area contributed by atoms with Crippen molar-refractivity contribution >= 4 is 5.97 Å². The number of ether oxygens (including phenoxy) is 1. The molecule has 0 unspecified atom stereocenters. The van der Waals surface area contributed by atoms with Crippen LogP contribution in [0.3, 0.4) is 0 Å². The van der Waals surface area contributed by atoms with E-state index in [1.165, 1.54) is 12.3 Å². The van der Waals surface area contributed by atoms with E-state index in [1.807, 2.05) is 19.1 Å². The van der Waals surface area contributed by atoms with Gasteiger partial charge in [-0.15, -0.1) is 0 Å². The Morgan fingerprint density at radius 1 is 1.19 bits per heavy atom. The number of hydrogen-bond donors (Lipinski definition) is 1. The molecule has 26 heavy (non-hydrogen) atoms. The highest BCUT2D eigenvalue weighted by Gasteiger charge is 2.08. The summed E-state index contributed by atoms with van der Waals surface area (Å²) in [5, 5.41) is 18.1. The van der Waals surface area contributed by atoms with Gasteiger partial charge in [0.2, 0.25) is 0 Å². The van der Waals surface area contributed by atoms with Crippen molar-refractivity contribution in [2.45, 2.75) is 13.5 Å². The fourth-order valence-electron chi connectivity index (χ4n) is 2.44. The molecular formula is C20H15N3O3. The molecule has 0 saturated heterocycles. The van der Waals surface area contributed by atoms with E-state index in [-0.39, 0.29) is 5.69 Å². The number of carboxylic acids is 1. The van der Waals surface area contributed by atoms with Gasteiger partial charge >= 0.3 is 5.97 Å². The van der Waals surface area contributed by atoms with E-state index in [2.05, 4.69) is 16.0 Å². The van der Waals surface area contributed by atoms with Crippen molar-refractivity contribution in [3.8, 4) is 23.2 Å². The molecule has 1 heterocycles. The predicted octanol–water partition coefficient (Wildman–Crippen LogP) is 3.60. The second-order valence-electron chi connectivity index (χ2n) is 5.59. The van der Waals surface area contributed by atoms with Gasteiger partial charge in [0.1, 0.15) is 12.4 Å². The topological polar surface area (TPSA) is 96.1 Å². The first-order valence-corrected chi connectivity index (χ1v) is 7.86. The average molecular weight is 345 g/mol. The van der Waals surface area contributed by atoms with Gasteiger partial charge in [-0.3, -0.25) is 0 Å². The smallest absolute Gasteiger partial charge is 0.354 e. The highest BCUT2D eigenvalue weighted by molar-refractivity contribution is 5.85. The number of aromatic carboxylic acids is 1. The van der Waals surface area contributed by atoms with Crippen LogP contribution in [0.4, 0.5) is 0 Å². The summed E-state index contributed by atoms with van der Waals surface area (Å²) < 4.78 is 5.78. The molecule has 0 fully saturated rings. The normalized spacial score (nSPS) is 10.2. The van der Waals surface area contributed by atoms with Gasteiger partial charge in [0, 0.05) is 11.8 Å². The number of aromatic nitrogens is 2. The van der Waals surface area contributed by atoms with Crippen LogP contribution in [0.15, 0.2) is 54.7 Å². The quantitative estimate of drug-likeness (QED) is 0.759. The molecule has 1 aromatic heterocycles. The highest BCUT2D eigenvalue weighted by atomic mass is 16.5. The standard InChI is InChI=1S/C20H15N3O3/c1-13-15(11-21)3-2-4-16(13)12-26-17-7-5-14(6-8-17)19-22-10-9-18(23-19)20(24)25/h2-10H,12H2,1H3,(H,24,25). The van der Waals surface area contributed by atoms with E-state index in [0.29, 0.717) is 29.3 Å². The maximum atomic E-state index is 11.0.